The SMILES string of the molecule is Cc1ccc(-c2cnc(CCC(=O)N3CCNC(=O)C3C)o2)cc1. The summed E-state index contributed by atoms with van der Waals surface area (Å²) >= 11 is 0. The molecule has 2 amide bonds. The van der Waals surface area contributed by atoms with Crippen LogP contribution in [-0.4, -0.2) is 40.8 Å². The van der Waals surface area contributed by atoms with Crippen molar-refractivity contribution in [1.29, 1.82) is 0 Å². The van der Waals surface area contributed by atoms with Crippen molar-refractivity contribution in [2.24, 2.45) is 0 Å². The Kier molecular flexibility index (Phi) is 4.64. The Labute approximate surface area is 140 Å². The minimum atomic E-state index is -0.418. The molecular formula is C18H21N3O3. The molecule has 1 aromatic heterocycles. The fraction of sp³-hybridized carbons (Fsp3) is 0.389. The van der Waals surface area contributed by atoms with Crippen LogP contribution in [0.3, 0.4) is 0 Å². The molecule has 0 spiro atoms. The highest BCUT2D eigenvalue weighted by molar-refractivity contribution is 5.88. The lowest BCUT2D eigenvalue weighted by molar-refractivity contribution is -0.142. The van der Waals surface area contributed by atoms with Crippen molar-refractivity contribution in [2.45, 2.75) is 32.7 Å². The molecule has 3 rings (SSSR count). The lowest BCUT2D eigenvalue weighted by Crippen LogP contribution is -2.55. The zero-order valence-electron chi connectivity index (χ0n) is 13.9. The number of nitrogens with one attached hydrogen (secondary N) is 1. The number of hydrogen-bond donors (Lipinski definition) is 1. The van der Waals surface area contributed by atoms with Crippen LogP contribution in [0, 0.1) is 6.92 Å². The van der Waals surface area contributed by atoms with Gasteiger partial charge in [-0.3, -0.25) is 9.59 Å². The summed E-state index contributed by atoms with van der Waals surface area (Å²) in [5.74, 6) is 1.08. The van der Waals surface area contributed by atoms with E-state index in [-0.39, 0.29) is 18.2 Å². The van der Waals surface area contributed by atoms with Crippen molar-refractivity contribution in [3.05, 3.63) is 41.9 Å². The largest absolute Gasteiger partial charge is 0.441 e. The number of aromatic nitrogens is 1. The maximum atomic E-state index is 12.3. The maximum absolute atomic E-state index is 12.3. The molecule has 1 aliphatic heterocycles. The molecule has 6 heteroatoms. The molecule has 1 saturated heterocycles. The van der Waals surface area contributed by atoms with E-state index in [4.69, 9.17) is 4.42 Å². The summed E-state index contributed by atoms with van der Waals surface area (Å²) < 4.78 is 5.73. The van der Waals surface area contributed by atoms with Crippen molar-refractivity contribution in [3.63, 3.8) is 0 Å². The molecule has 126 valence electrons. The highest BCUT2D eigenvalue weighted by atomic mass is 16.4. The van der Waals surface area contributed by atoms with E-state index in [9.17, 15) is 9.59 Å². The Morgan fingerprint density at radius 1 is 1.38 bits per heavy atom. The smallest absolute Gasteiger partial charge is 0.242 e. The molecule has 1 atom stereocenters. The molecule has 0 saturated carbocycles. The first-order valence-electron chi connectivity index (χ1n) is 8.13. The molecular weight excluding hydrogens is 306 g/mol. The minimum absolute atomic E-state index is 0.0487. The maximum Gasteiger partial charge on any atom is 0.242 e. The molecule has 2 heterocycles. The first kappa shape index (κ1) is 16.2. The Morgan fingerprint density at radius 2 is 2.12 bits per heavy atom. The molecule has 1 N–H and O–H groups in total. The first-order chi connectivity index (χ1) is 11.5. The van der Waals surface area contributed by atoms with E-state index in [1.54, 1.807) is 18.0 Å². The molecule has 0 radical (unpaired) electrons. The molecule has 1 aliphatic rings. The van der Waals surface area contributed by atoms with Crippen molar-refractivity contribution < 1.29 is 14.0 Å². The summed E-state index contributed by atoms with van der Waals surface area (Å²) in [6, 6.07) is 7.59. The van der Waals surface area contributed by atoms with Gasteiger partial charge >= 0.3 is 0 Å². The van der Waals surface area contributed by atoms with Gasteiger partial charge in [-0.25, -0.2) is 4.98 Å². The van der Waals surface area contributed by atoms with Gasteiger partial charge < -0.3 is 14.6 Å². The van der Waals surface area contributed by atoms with Gasteiger partial charge in [0, 0.05) is 31.5 Å². The van der Waals surface area contributed by atoms with E-state index in [2.05, 4.69) is 10.3 Å². The fourth-order valence-electron chi connectivity index (χ4n) is 2.76. The van der Waals surface area contributed by atoms with Gasteiger partial charge in [-0.2, -0.15) is 0 Å². The molecule has 0 bridgehead atoms. The number of piperazine rings is 1. The predicted molar refractivity (Wildman–Crippen MR) is 89.2 cm³/mol. The number of aryl methyl sites for hydroxylation is 2. The summed E-state index contributed by atoms with van der Waals surface area (Å²) in [5.41, 5.74) is 2.15. The van der Waals surface area contributed by atoms with Gasteiger partial charge in [-0.1, -0.05) is 29.8 Å². The average molecular weight is 327 g/mol. The third kappa shape index (κ3) is 3.48. The number of carbonyl (C=O) groups is 2. The molecule has 1 fully saturated rings. The molecule has 6 nitrogen and oxygen atoms in total. The monoisotopic (exact) mass is 327 g/mol. The quantitative estimate of drug-likeness (QED) is 0.931. The molecule has 24 heavy (non-hydrogen) atoms. The number of nitrogens with zero attached hydrogens (tertiary/aromatic N) is 2. The lowest BCUT2D eigenvalue weighted by Gasteiger charge is -2.32. The second-order valence-electron chi connectivity index (χ2n) is 6.04. The van der Waals surface area contributed by atoms with E-state index < -0.39 is 6.04 Å². The third-order valence-electron chi connectivity index (χ3n) is 4.26. The summed E-state index contributed by atoms with van der Waals surface area (Å²) in [6.45, 7) is 4.83. The van der Waals surface area contributed by atoms with Crippen molar-refractivity contribution in [3.8, 4) is 11.3 Å². The van der Waals surface area contributed by atoms with Crippen LogP contribution in [0.1, 0.15) is 24.8 Å². The zero-order chi connectivity index (χ0) is 17.1. The number of hydrogen-bond acceptors (Lipinski definition) is 4. The lowest BCUT2D eigenvalue weighted by atomic mass is 10.1. The summed E-state index contributed by atoms with van der Waals surface area (Å²) in [5, 5.41) is 2.75. The van der Waals surface area contributed by atoms with Gasteiger partial charge in [0.25, 0.3) is 0 Å². The number of benzene rings is 1. The number of carbonyl (C=O) groups excluding carboxylic acids is 2. The third-order valence-corrected chi connectivity index (χ3v) is 4.26. The predicted octanol–water partition coefficient (Wildman–Crippen LogP) is 1.93. The van der Waals surface area contributed by atoms with Crippen molar-refractivity contribution >= 4 is 11.8 Å². The van der Waals surface area contributed by atoms with E-state index >= 15 is 0 Å². The second-order valence-corrected chi connectivity index (χ2v) is 6.04. The van der Waals surface area contributed by atoms with Crippen LogP contribution in [0.5, 0.6) is 0 Å². The highest BCUT2D eigenvalue weighted by Gasteiger charge is 2.28. The normalized spacial score (nSPS) is 17.7. The van der Waals surface area contributed by atoms with Gasteiger partial charge in [0.15, 0.2) is 11.7 Å². The van der Waals surface area contributed by atoms with Crippen molar-refractivity contribution in [1.82, 2.24) is 15.2 Å². The second kappa shape index (κ2) is 6.86. The van der Waals surface area contributed by atoms with Crippen LogP contribution in [0.15, 0.2) is 34.9 Å². The van der Waals surface area contributed by atoms with Gasteiger partial charge in [0.2, 0.25) is 11.8 Å². The topological polar surface area (TPSA) is 75.4 Å². The summed E-state index contributed by atoms with van der Waals surface area (Å²) in [6.07, 6.45) is 2.39. The van der Waals surface area contributed by atoms with Crippen LogP contribution in [0.4, 0.5) is 0 Å². The van der Waals surface area contributed by atoms with Crippen LogP contribution in [0.2, 0.25) is 0 Å². The van der Waals surface area contributed by atoms with E-state index in [0.717, 1.165) is 5.56 Å². The number of oxazole rings is 1. The van der Waals surface area contributed by atoms with E-state index in [1.807, 2.05) is 31.2 Å². The van der Waals surface area contributed by atoms with Gasteiger partial charge in [-0.15, -0.1) is 0 Å². The molecule has 0 aliphatic carbocycles. The van der Waals surface area contributed by atoms with Crippen LogP contribution >= 0.6 is 0 Å². The Hall–Kier alpha value is -2.63. The van der Waals surface area contributed by atoms with Crippen LogP contribution in [-0.2, 0) is 16.0 Å². The Morgan fingerprint density at radius 3 is 2.88 bits per heavy atom. The summed E-state index contributed by atoms with van der Waals surface area (Å²) in [7, 11) is 0. The minimum Gasteiger partial charge on any atom is -0.441 e. The van der Waals surface area contributed by atoms with Crippen LogP contribution < -0.4 is 5.32 Å². The van der Waals surface area contributed by atoms with Gasteiger partial charge in [0.1, 0.15) is 6.04 Å². The van der Waals surface area contributed by atoms with Crippen LogP contribution in [0.25, 0.3) is 11.3 Å². The summed E-state index contributed by atoms with van der Waals surface area (Å²) in [4.78, 5) is 29.8. The van der Waals surface area contributed by atoms with Gasteiger partial charge in [0.05, 0.1) is 6.20 Å². The molecule has 2 aromatic rings. The molecule has 1 unspecified atom stereocenters. The Bertz CT molecular complexity index is 736. The zero-order valence-corrected chi connectivity index (χ0v) is 13.9. The highest BCUT2D eigenvalue weighted by Crippen LogP contribution is 2.21. The van der Waals surface area contributed by atoms with Crippen molar-refractivity contribution in [2.75, 3.05) is 13.1 Å². The molecule has 1 aromatic carbocycles. The Balaban J connectivity index is 1.60. The first-order valence-corrected chi connectivity index (χ1v) is 8.13. The number of amides is 2. The van der Waals surface area contributed by atoms with E-state index in [1.165, 1.54) is 5.56 Å². The van der Waals surface area contributed by atoms with E-state index in [0.29, 0.717) is 31.2 Å². The fourth-order valence-corrected chi connectivity index (χ4v) is 2.76. The number of rotatable bonds is 4. The standard InChI is InChI=1S/C18H21N3O3/c1-12-3-5-14(6-4-12)15-11-20-16(24-15)7-8-17(22)21-10-9-19-18(23)13(21)2/h3-6,11,13H,7-10H2,1-2H3,(H,19,23). The van der Waals surface area contributed by atoms with Gasteiger partial charge in [-0.05, 0) is 13.8 Å². The average Bonchev–Trinajstić information content (AvgIpc) is 3.05.